The summed E-state index contributed by atoms with van der Waals surface area (Å²) in [7, 11) is 0. The first-order chi connectivity index (χ1) is 10.1. The number of tetrazole rings is 1. The van der Waals surface area contributed by atoms with Gasteiger partial charge in [0.25, 0.3) is 0 Å². The first-order valence-electron chi connectivity index (χ1n) is 7.13. The molecule has 118 valence electrons. The number of ketones is 2. The summed E-state index contributed by atoms with van der Waals surface area (Å²) >= 11 is 0. The highest BCUT2D eigenvalue weighted by molar-refractivity contribution is 6.03. The van der Waals surface area contributed by atoms with E-state index < -0.39 is 0 Å². The number of aromatic nitrogens is 5. The van der Waals surface area contributed by atoms with Crippen LogP contribution in [0.1, 0.15) is 65.6 Å². The van der Waals surface area contributed by atoms with Gasteiger partial charge in [0.05, 0.1) is 5.69 Å². The van der Waals surface area contributed by atoms with Crippen LogP contribution < -0.4 is 0 Å². The molecule has 1 N–H and O–H groups in total. The first kappa shape index (κ1) is 16.1. The van der Waals surface area contributed by atoms with Crippen LogP contribution in [0.3, 0.4) is 0 Å². The highest BCUT2D eigenvalue weighted by Crippen LogP contribution is 2.21. The van der Waals surface area contributed by atoms with Crippen molar-refractivity contribution in [1.29, 1.82) is 0 Å². The Morgan fingerprint density at radius 3 is 2.36 bits per heavy atom. The molecule has 2 rings (SSSR count). The van der Waals surface area contributed by atoms with E-state index in [1.807, 2.05) is 20.8 Å². The fourth-order valence-electron chi connectivity index (χ4n) is 2.62. The zero-order chi connectivity index (χ0) is 16.7. The summed E-state index contributed by atoms with van der Waals surface area (Å²) in [4.78, 5) is 27.2. The van der Waals surface area contributed by atoms with E-state index >= 15 is 0 Å². The molecule has 0 unspecified atom stereocenters. The summed E-state index contributed by atoms with van der Waals surface area (Å²) in [5.41, 5.74) is 2.16. The summed E-state index contributed by atoms with van der Waals surface area (Å²) in [6.07, 6.45) is 0. The van der Waals surface area contributed by atoms with Gasteiger partial charge in [0, 0.05) is 16.7 Å². The number of nitrogens with zero attached hydrogens (tertiary/aromatic N) is 4. The van der Waals surface area contributed by atoms with Gasteiger partial charge in [-0.15, -0.1) is 5.10 Å². The molecule has 0 fully saturated rings. The monoisotopic (exact) mass is 303 g/mol. The van der Waals surface area contributed by atoms with Crippen molar-refractivity contribution >= 4 is 11.6 Å². The van der Waals surface area contributed by atoms with Crippen LogP contribution in [0, 0.1) is 13.8 Å². The smallest absolute Gasteiger partial charge is 0.200 e. The Labute approximate surface area is 129 Å². The van der Waals surface area contributed by atoms with Crippen molar-refractivity contribution in [3.8, 4) is 0 Å². The molecule has 2 heterocycles. The third-order valence-electron chi connectivity index (χ3n) is 3.56. The lowest BCUT2D eigenvalue weighted by Gasteiger charge is -2.16. The summed E-state index contributed by atoms with van der Waals surface area (Å²) < 4.78 is 1.51. The summed E-state index contributed by atoms with van der Waals surface area (Å²) in [6.45, 7) is 11.1. The summed E-state index contributed by atoms with van der Waals surface area (Å²) in [6, 6.07) is 0. The van der Waals surface area contributed by atoms with Crippen LogP contribution >= 0.6 is 0 Å². The van der Waals surface area contributed by atoms with Crippen LogP contribution in [0.5, 0.6) is 0 Å². The molecule has 0 aliphatic heterocycles. The third-order valence-corrected chi connectivity index (χ3v) is 3.56. The summed E-state index contributed by atoms with van der Waals surface area (Å²) in [5, 5.41) is 11.5. The molecule has 0 aromatic carbocycles. The van der Waals surface area contributed by atoms with Crippen molar-refractivity contribution < 1.29 is 9.59 Å². The molecule has 2 aromatic rings. The minimum Gasteiger partial charge on any atom is -0.355 e. The molecular formula is C15H21N5O2. The van der Waals surface area contributed by atoms with Crippen molar-refractivity contribution in [1.82, 2.24) is 25.2 Å². The topological polar surface area (TPSA) is 93.5 Å². The van der Waals surface area contributed by atoms with Gasteiger partial charge in [0.1, 0.15) is 6.54 Å². The normalized spacial score (nSPS) is 11.7. The second-order valence-electron chi connectivity index (χ2n) is 6.51. The lowest BCUT2D eigenvalue weighted by Crippen LogP contribution is -2.23. The molecular weight excluding hydrogens is 282 g/mol. The predicted octanol–water partition coefficient (Wildman–Crippen LogP) is 2.00. The highest BCUT2D eigenvalue weighted by atomic mass is 16.1. The van der Waals surface area contributed by atoms with Crippen molar-refractivity contribution in [2.45, 2.75) is 53.5 Å². The van der Waals surface area contributed by atoms with E-state index in [4.69, 9.17) is 0 Å². The zero-order valence-electron chi connectivity index (χ0n) is 13.8. The van der Waals surface area contributed by atoms with Crippen LogP contribution in [-0.4, -0.2) is 36.8 Å². The minimum absolute atomic E-state index is 0.0394. The molecule has 0 amide bonds. The number of hydrogen-bond donors (Lipinski definition) is 1. The molecule has 0 atom stereocenters. The lowest BCUT2D eigenvalue weighted by atomic mass is 9.96. The maximum Gasteiger partial charge on any atom is 0.200 e. The van der Waals surface area contributed by atoms with Crippen LogP contribution in [0.15, 0.2) is 0 Å². The van der Waals surface area contributed by atoms with E-state index in [0.29, 0.717) is 28.3 Å². The lowest BCUT2D eigenvalue weighted by molar-refractivity contribution is 0.0959. The number of Topliss-reactive ketones (excluding diaryl/α,β-unsaturated/α-hetero) is 2. The molecule has 0 spiro atoms. The number of carbonyl (C=O) groups is 2. The Morgan fingerprint density at radius 2 is 1.86 bits per heavy atom. The average Bonchev–Trinajstić information content (AvgIpc) is 2.93. The second-order valence-corrected chi connectivity index (χ2v) is 6.51. The Bertz CT molecular complexity index is 734. The molecule has 0 saturated carbocycles. The molecule has 2 aromatic heterocycles. The van der Waals surface area contributed by atoms with Crippen LogP contribution in [0.4, 0.5) is 0 Å². The van der Waals surface area contributed by atoms with E-state index in [9.17, 15) is 9.59 Å². The van der Waals surface area contributed by atoms with Crippen LogP contribution in [0.25, 0.3) is 0 Å². The predicted molar refractivity (Wildman–Crippen MR) is 81.1 cm³/mol. The van der Waals surface area contributed by atoms with E-state index in [0.717, 1.165) is 0 Å². The Hall–Kier alpha value is -2.31. The molecule has 0 aliphatic rings. The van der Waals surface area contributed by atoms with Crippen molar-refractivity contribution in [3.63, 3.8) is 0 Å². The molecule has 22 heavy (non-hydrogen) atoms. The fourth-order valence-corrected chi connectivity index (χ4v) is 2.62. The number of hydrogen-bond acceptors (Lipinski definition) is 5. The largest absolute Gasteiger partial charge is 0.355 e. The van der Waals surface area contributed by atoms with Crippen molar-refractivity contribution in [2.75, 3.05) is 0 Å². The fraction of sp³-hybridized carbons (Fsp3) is 0.533. The quantitative estimate of drug-likeness (QED) is 0.872. The van der Waals surface area contributed by atoms with Gasteiger partial charge in [-0.3, -0.25) is 9.59 Å². The number of carbonyl (C=O) groups excluding carboxylic acids is 2. The van der Waals surface area contributed by atoms with Crippen molar-refractivity contribution in [3.05, 3.63) is 28.3 Å². The van der Waals surface area contributed by atoms with Gasteiger partial charge in [-0.05, 0) is 36.8 Å². The SMILES string of the molecule is CC(=O)c1c(C)[nH]c(C(=O)Cn2nnnc2C(C)(C)C)c1C. The first-order valence-corrected chi connectivity index (χ1v) is 7.13. The van der Waals surface area contributed by atoms with Gasteiger partial charge in [-0.25, -0.2) is 4.68 Å². The van der Waals surface area contributed by atoms with Crippen molar-refractivity contribution in [2.24, 2.45) is 0 Å². The molecule has 0 radical (unpaired) electrons. The van der Waals surface area contributed by atoms with Gasteiger partial charge in [0.2, 0.25) is 5.78 Å². The Morgan fingerprint density at radius 1 is 1.23 bits per heavy atom. The second kappa shape index (κ2) is 5.47. The number of nitrogens with one attached hydrogen (secondary N) is 1. The molecule has 7 nitrogen and oxygen atoms in total. The van der Waals surface area contributed by atoms with Crippen LogP contribution in [-0.2, 0) is 12.0 Å². The molecule has 0 bridgehead atoms. The number of rotatable bonds is 4. The van der Waals surface area contributed by atoms with Gasteiger partial charge >= 0.3 is 0 Å². The number of aromatic amines is 1. The zero-order valence-corrected chi connectivity index (χ0v) is 13.8. The molecule has 0 saturated heterocycles. The standard InChI is InChI=1S/C15H21N5O2/c1-8-12(10(3)21)9(2)16-13(8)11(22)7-20-14(15(4,5)6)17-18-19-20/h16H,7H2,1-6H3. The van der Waals surface area contributed by atoms with Crippen LogP contribution in [0.2, 0.25) is 0 Å². The van der Waals surface area contributed by atoms with E-state index in [2.05, 4.69) is 20.5 Å². The Kier molecular flexibility index (Phi) is 4.00. The summed E-state index contributed by atoms with van der Waals surface area (Å²) in [5.74, 6) is 0.447. The van der Waals surface area contributed by atoms with Gasteiger partial charge < -0.3 is 4.98 Å². The highest BCUT2D eigenvalue weighted by Gasteiger charge is 2.25. The minimum atomic E-state index is -0.255. The number of aryl methyl sites for hydroxylation is 1. The average molecular weight is 303 g/mol. The maximum atomic E-state index is 12.5. The van der Waals surface area contributed by atoms with Gasteiger partial charge in [-0.1, -0.05) is 20.8 Å². The van der Waals surface area contributed by atoms with Gasteiger partial charge in [-0.2, -0.15) is 0 Å². The third kappa shape index (κ3) is 2.84. The van der Waals surface area contributed by atoms with Gasteiger partial charge in [0.15, 0.2) is 11.6 Å². The van der Waals surface area contributed by atoms with E-state index in [1.54, 1.807) is 13.8 Å². The van der Waals surface area contributed by atoms with E-state index in [1.165, 1.54) is 11.6 Å². The maximum absolute atomic E-state index is 12.5. The number of H-pyrrole nitrogens is 1. The Balaban J connectivity index is 2.34. The van der Waals surface area contributed by atoms with E-state index in [-0.39, 0.29) is 23.5 Å². The molecule has 0 aliphatic carbocycles. The molecule has 7 heteroatoms.